The summed E-state index contributed by atoms with van der Waals surface area (Å²) in [5.74, 6) is 0.185. The Morgan fingerprint density at radius 2 is 2.54 bits per heavy atom. The Bertz CT molecular complexity index is 306. The van der Waals surface area contributed by atoms with Gasteiger partial charge in [-0.15, -0.1) is 5.10 Å². The van der Waals surface area contributed by atoms with Crippen molar-refractivity contribution in [1.82, 2.24) is 14.8 Å². The Hall–Kier alpha value is -1.59. The van der Waals surface area contributed by atoms with Gasteiger partial charge < -0.3 is 10.9 Å². The standard InChI is InChI=1S/C7H13N5O/c1-3-5(2)12-4-9-7(10-12)6(8)11-13/h4-5,13H,3H2,1-2H3,(H2,8,11). The first kappa shape index (κ1) is 9.50. The van der Waals surface area contributed by atoms with Crippen molar-refractivity contribution in [2.24, 2.45) is 10.9 Å². The van der Waals surface area contributed by atoms with Crippen molar-refractivity contribution in [3.05, 3.63) is 12.2 Å². The van der Waals surface area contributed by atoms with Gasteiger partial charge in [-0.05, 0) is 13.3 Å². The number of amidine groups is 1. The van der Waals surface area contributed by atoms with Crippen LogP contribution < -0.4 is 5.73 Å². The zero-order valence-corrected chi connectivity index (χ0v) is 7.68. The summed E-state index contributed by atoms with van der Waals surface area (Å²) in [6, 6.07) is 0.271. The van der Waals surface area contributed by atoms with Crippen molar-refractivity contribution >= 4 is 5.84 Å². The highest BCUT2D eigenvalue weighted by Crippen LogP contribution is 2.06. The molecular weight excluding hydrogens is 170 g/mol. The smallest absolute Gasteiger partial charge is 0.219 e. The topological polar surface area (TPSA) is 89.3 Å². The minimum atomic E-state index is -0.0675. The Morgan fingerprint density at radius 3 is 3.08 bits per heavy atom. The zero-order valence-electron chi connectivity index (χ0n) is 7.68. The predicted octanol–water partition coefficient (Wildman–Crippen LogP) is 0.344. The highest BCUT2D eigenvalue weighted by Gasteiger charge is 2.08. The quantitative estimate of drug-likeness (QED) is 0.306. The molecule has 3 N–H and O–H groups in total. The first-order chi connectivity index (χ1) is 6.19. The number of oxime groups is 1. The third-order valence-corrected chi connectivity index (χ3v) is 1.89. The minimum absolute atomic E-state index is 0.0675. The van der Waals surface area contributed by atoms with Crippen molar-refractivity contribution in [3.63, 3.8) is 0 Å². The van der Waals surface area contributed by atoms with E-state index >= 15 is 0 Å². The Balaban J connectivity index is 2.86. The van der Waals surface area contributed by atoms with Crippen LogP contribution in [0.1, 0.15) is 32.1 Å². The molecule has 0 aromatic carbocycles. The predicted molar refractivity (Wildman–Crippen MR) is 47.5 cm³/mol. The van der Waals surface area contributed by atoms with Gasteiger partial charge in [0.25, 0.3) is 0 Å². The molecule has 72 valence electrons. The molecule has 1 rings (SSSR count). The van der Waals surface area contributed by atoms with Gasteiger partial charge >= 0.3 is 0 Å². The van der Waals surface area contributed by atoms with Crippen LogP contribution in [0, 0.1) is 0 Å². The van der Waals surface area contributed by atoms with Gasteiger partial charge in [0.15, 0.2) is 0 Å². The van der Waals surface area contributed by atoms with Gasteiger partial charge in [-0.1, -0.05) is 12.1 Å². The molecule has 6 heteroatoms. The average molecular weight is 183 g/mol. The summed E-state index contributed by atoms with van der Waals surface area (Å²) in [5.41, 5.74) is 5.31. The highest BCUT2D eigenvalue weighted by atomic mass is 16.4. The molecule has 0 radical (unpaired) electrons. The monoisotopic (exact) mass is 183 g/mol. The lowest BCUT2D eigenvalue weighted by atomic mass is 10.3. The zero-order chi connectivity index (χ0) is 9.84. The lowest BCUT2D eigenvalue weighted by Crippen LogP contribution is -2.16. The van der Waals surface area contributed by atoms with E-state index in [0.29, 0.717) is 0 Å². The largest absolute Gasteiger partial charge is 0.409 e. The van der Waals surface area contributed by atoms with Crippen LogP contribution in [0.4, 0.5) is 0 Å². The number of hydrogen-bond acceptors (Lipinski definition) is 4. The van der Waals surface area contributed by atoms with Gasteiger partial charge in [-0.2, -0.15) is 0 Å². The number of hydrogen-bond donors (Lipinski definition) is 2. The molecule has 0 bridgehead atoms. The molecule has 0 spiro atoms. The lowest BCUT2D eigenvalue weighted by molar-refractivity contribution is 0.318. The summed E-state index contributed by atoms with van der Waals surface area (Å²) < 4.78 is 1.69. The van der Waals surface area contributed by atoms with Crippen molar-refractivity contribution < 1.29 is 5.21 Å². The molecule has 0 saturated carbocycles. The second kappa shape index (κ2) is 3.88. The molecule has 1 heterocycles. The van der Waals surface area contributed by atoms with Crippen molar-refractivity contribution in [2.75, 3.05) is 0 Å². The van der Waals surface area contributed by atoms with E-state index < -0.39 is 0 Å². The van der Waals surface area contributed by atoms with E-state index in [1.807, 2.05) is 6.92 Å². The maximum absolute atomic E-state index is 8.37. The highest BCUT2D eigenvalue weighted by molar-refractivity contribution is 5.93. The fraction of sp³-hybridized carbons (Fsp3) is 0.571. The van der Waals surface area contributed by atoms with Gasteiger partial charge in [-0.3, -0.25) is 0 Å². The van der Waals surface area contributed by atoms with Crippen LogP contribution >= 0.6 is 0 Å². The summed E-state index contributed by atoms with van der Waals surface area (Å²) in [6.07, 6.45) is 2.53. The maximum Gasteiger partial charge on any atom is 0.219 e. The molecule has 6 nitrogen and oxygen atoms in total. The van der Waals surface area contributed by atoms with E-state index in [9.17, 15) is 0 Å². The molecular formula is C7H13N5O. The second-order valence-electron chi connectivity index (χ2n) is 2.79. The summed E-state index contributed by atoms with van der Waals surface area (Å²) in [5, 5.41) is 15.2. The fourth-order valence-electron chi connectivity index (χ4n) is 0.836. The second-order valence-corrected chi connectivity index (χ2v) is 2.79. The number of nitrogens with two attached hydrogens (primary N) is 1. The summed E-state index contributed by atoms with van der Waals surface area (Å²) in [4.78, 5) is 3.89. The van der Waals surface area contributed by atoms with E-state index in [2.05, 4.69) is 22.2 Å². The minimum Gasteiger partial charge on any atom is -0.409 e. The molecule has 0 aliphatic rings. The first-order valence-corrected chi connectivity index (χ1v) is 4.08. The lowest BCUT2D eigenvalue weighted by Gasteiger charge is -2.06. The SMILES string of the molecule is CCC(C)n1cnc(C(N)=NO)n1. The van der Waals surface area contributed by atoms with Crippen molar-refractivity contribution in [1.29, 1.82) is 0 Å². The normalized spacial score (nSPS) is 14.5. The number of rotatable bonds is 3. The van der Waals surface area contributed by atoms with Crippen LogP contribution in [0.2, 0.25) is 0 Å². The molecule has 1 aromatic heterocycles. The Kier molecular flexibility index (Phi) is 2.84. The third kappa shape index (κ3) is 1.95. The number of nitrogens with zero attached hydrogens (tertiary/aromatic N) is 4. The third-order valence-electron chi connectivity index (χ3n) is 1.89. The summed E-state index contributed by atoms with van der Waals surface area (Å²) in [6.45, 7) is 4.07. The van der Waals surface area contributed by atoms with Crippen LogP contribution in [0.15, 0.2) is 11.5 Å². The van der Waals surface area contributed by atoms with Crippen LogP contribution in [0.3, 0.4) is 0 Å². The van der Waals surface area contributed by atoms with Crippen LogP contribution in [-0.4, -0.2) is 25.8 Å². The van der Waals surface area contributed by atoms with Gasteiger partial charge in [0.2, 0.25) is 11.7 Å². The van der Waals surface area contributed by atoms with Crippen LogP contribution in [0.25, 0.3) is 0 Å². The average Bonchev–Trinajstić information content (AvgIpc) is 2.64. The maximum atomic E-state index is 8.37. The Morgan fingerprint density at radius 1 is 1.85 bits per heavy atom. The van der Waals surface area contributed by atoms with Gasteiger partial charge in [-0.25, -0.2) is 9.67 Å². The van der Waals surface area contributed by atoms with E-state index in [-0.39, 0.29) is 17.7 Å². The molecule has 0 fully saturated rings. The first-order valence-electron chi connectivity index (χ1n) is 4.08. The van der Waals surface area contributed by atoms with Crippen molar-refractivity contribution in [3.8, 4) is 0 Å². The van der Waals surface area contributed by atoms with E-state index in [4.69, 9.17) is 10.9 Å². The summed E-state index contributed by atoms with van der Waals surface area (Å²) >= 11 is 0. The molecule has 0 aliphatic carbocycles. The molecule has 1 aromatic rings. The fourth-order valence-corrected chi connectivity index (χ4v) is 0.836. The van der Waals surface area contributed by atoms with E-state index in [0.717, 1.165) is 6.42 Å². The van der Waals surface area contributed by atoms with Gasteiger partial charge in [0.1, 0.15) is 6.33 Å². The molecule has 1 atom stereocenters. The Labute approximate surface area is 76.1 Å². The molecule has 0 saturated heterocycles. The van der Waals surface area contributed by atoms with Crippen LogP contribution in [0.5, 0.6) is 0 Å². The van der Waals surface area contributed by atoms with Gasteiger partial charge in [0, 0.05) is 0 Å². The van der Waals surface area contributed by atoms with Crippen LogP contribution in [-0.2, 0) is 0 Å². The van der Waals surface area contributed by atoms with E-state index in [1.54, 1.807) is 11.0 Å². The molecule has 0 amide bonds. The van der Waals surface area contributed by atoms with E-state index in [1.165, 1.54) is 0 Å². The molecule has 1 unspecified atom stereocenters. The number of aromatic nitrogens is 3. The summed E-state index contributed by atoms with van der Waals surface area (Å²) in [7, 11) is 0. The van der Waals surface area contributed by atoms with Crippen molar-refractivity contribution in [2.45, 2.75) is 26.3 Å². The van der Waals surface area contributed by atoms with Gasteiger partial charge in [0.05, 0.1) is 6.04 Å². The molecule has 13 heavy (non-hydrogen) atoms. The molecule has 0 aliphatic heterocycles.